The molecule has 0 radical (unpaired) electrons. The first-order chi connectivity index (χ1) is 8.31. The van der Waals surface area contributed by atoms with Gasteiger partial charge in [0.25, 0.3) is 0 Å². The summed E-state index contributed by atoms with van der Waals surface area (Å²) in [6.45, 7) is 1.06. The van der Waals surface area contributed by atoms with Gasteiger partial charge in [0.2, 0.25) is 0 Å². The molecule has 0 spiro atoms. The highest BCUT2D eigenvalue weighted by atomic mass is 32.1. The maximum absolute atomic E-state index is 9.15. The van der Waals surface area contributed by atoms with E-state index < -0.39 is 0 Å². The Hall–Kier alpha value is -1.28. The summed E-state index contributed by atoms with van der Waals surface area (Å²) in [6, 6.07) is 2.82. The number of fused-ring (bicyclic) bond motifs is 1. The fraction of sp³-hybridized carbons (Fsp3) is 0.667. The molecular weight excluding hydrogens is 232 g/mol. The molecule has 2 N–H and O–H groups in total. The molecule has 2 unspecified atom stereocenters. The molecule has 0 aromatic carbocycles. The van der Waals surface area contributed by atoms with Crippen molar-refractivity contribution in [1.82, 2.24) is 4.37 Å². The molecule has 1 aliphatic heterocycles. The molecule has 5 heteroatoms. The minimum Gasteiger partial charge on any atom is -0.382 e. The van der Waals surface area contributed by atoms with Gasteiger partial charge in [0.1, 0.15) is 16.6 Å². The van der Waals surface area contributed by atoms with Crippen LogP contribution in [0.5, 0.6) is 0 Å². The molecule has 0 amide bonds. The molecule has 2 fully saturated rings. The van der Waals surface area contributed by atoms with E-state index in [1.807, 2.05) is 0 Å². The Morgan fingerprint density at radius 2 is 2.18 bits per heavy atom. The predicted octanol–water partition coefficient (Wildman–Crippen LogP) is 2.37. The summed E-state index contributed by atoms with van der Waals surface area (Å²) in [5, 5.41) is 10.2. The van der Waals surface area contributed by atoms with E-state index in [-0.39, 0.29) is 0 Å². The third-order valence-corrected chi connectivity index (χ3v) is 4.98. The van der Waals surface area contributed by atoms with E-state index in [0.29, 0.717) is 17.4 Å². The summed E-state index contributed by atoms with van der Waals surface area (Å²) < 4.78 is 4.12. The van der Waals surface area contributed by atoms with Crippen molar-refractivity contribution in [2.24, 2.45) is 5.92 Å². The van der Waals surface area contributed by atoms with Gasteiger partial charge in [0.05, 0.1) is 0 Å². The molecule has 2 aliphatic rings. The van der Waals surface area contributed by atoms with Gasteiger partial charge in [0.15, 0.2) is 5.82 Å². The number of anilines is 2. The van der Waals surface area contributed by atoms with Crippen molar-refractivity contribution in [1.29, 1.82) is 5.26 Å². The summed E-state index contributed by atoms with van der Waals surface area (Å²) in [6.07, 6.45) is 6.54. The fourth-order valence-corrected chi connectivity index (χ4v) is 4.10. The van der Waals surface area contributed by atoms with Gasteiger partial charge in [0, 0.05) is 12.6 Å². The van der Waals surface area contributed by atoms with Crippen LogP contribution in [-0.2, 0) is 0 Å². The standard InChI is InChI=1S/C12H16N4S/c13-7-9-11(14)15-17-12(9)16-6-5-8-3-1-2-4-10(8)16/h8,10H,1-6H2,(H2,14,15). The lowest BCUT2D eigenvalue weighted by atomic mass is 9.85. The Labute approximate surface area is 105 Å². The summed E-state index contributed by atoms with van der Waals surface area (Å²) in [4.78, 5) is 2.39. The SMILES string of the molecule is N#Cc1c(N)nsc1N1CCC2CCCCC21. The molecule has 17 heavy (non-hydrogen) atoms. The molecule has 2 atom stereocenters. The van der Waals surface area contributed by atoms with Crippen molar-refractivity contribution in [3.05, 3.63) is 5.56 Å². The molecule has 90 valence electrons. The fourth-order valence-electron chi connectivity index (χ4n) is 3.25. The number of rotatable bonds is 1. The normalized spacial score (nSPS) is 27.8. The summed E-state index contributed by atoms with van der Waals surface area (Å²) in [7, 11) is 0. The van der Waals surface area contributed by atoms with Crippen molar-refractivity contribution >= 4 is 22.4 Å². The lowest BCUT2D eigenvalue weighted by Gasteiger charge is -2.32. The number of aromatic nitrogens is 1. The van der Waals surface area contributed by atoms with Crippen LogP contribution < -0.4 is 10.6 Å². The average molecular weight is 248 g/mol. The lowest BCUT2D eigenvalue weighted by Crippen LogP contribution is -2.34. The number of nitriles is 1. The van der Waals surface area contributed by atoms with E-state index in [0.717, 1.165) is 17.5 Å². The number of nitrogens with two attached hydrogens (primary N) is 1. The third kappa shape index (κ3) is 1.67. The molecule has 2 heterocycles. The van der Waals surface area contributed by atoms with Gasteiger partial charge >= 0.3 is 0 Å². The van der Waals surface area contributed by atoms with E-state index in [1.54, 1.807) is 0 Å². The Kier molecular flexibility index (Phi) is 2.67. The van der Waals surface area contributed by atoms with Crippen LogP contribution in [0.4, 0.5) is 10.8 Å². The maximum Gasteiger partial charge on any atom is 0.157 e. The van der Waals surface area contributed by atoms with Crippen LogP contribution in [0, 0.1) is 17.2 Å². The van der Waals surface area contributed by atoms with Crippen LogP contribution in [0.2, 0.25) is 0 Å². The van der Waals surface area contributed by atoms with Crippen LogP contribution in [0.15, 0.2) is 0 Å². The van der Waals surface area contributed by atoms with Crippen LogP contribution in [0.25, 0.3) is 0 Å². The average Bonchev–Trinajstić information content (AvgIpc) is 2.92. The van der Waals surface area contributed by atoms with Crippen molar-refractivity contribution < 1.29 is 0 Å². The zero-order valence-electron chi connectivity index (χ0n) is 9.72. The Balaban J connectivity index is 1.92. The highest BCUT2D eigenvalue weighted by molar-refractivity contribution is 7.10. The van der Waals surface area contributed by atoms with E-state index in [9.17, 15) is 0 Å². The number of nitrogens with zero attached hydrogens (tertiary/aromatic N) is 3. The van der Waals surface area contributed by atoms with Gasteiger partial charge < -0.3 is 10.6 Å². The lowest BCUT2D eigenvalue weighted by molar-refractivity contribution is 0.342. The van der Waals surface area contributed by atoms with Crippen LogP contribution in [0.1, 0.15) is 37.7 Å². The number of hydrogen-bond acceptors (Lipinski definition) is 5. The smallest absolute Gasteiger partial charge is 0.157 e. The van der Waals surface area contributed by atoms with Gasteiger partial charge in [-0.3, -0.25) is 0 Å². The maximum atomic E-state index is 9.15. The van der Waals surface area contributed by atoms with Gasteiger partial charge in [-0.25, -0.2) is 0 Å². The summed E-state index contributed by atoms with van der Waals surface area (Å²) in [5.74, 6) is 1.21. The van der Waals surface area contributed by atoms with E-state index in [2.05, 4.69) is 15.3 Å². The van der Waals surface area contributed by atoms with Crippen molar-refractivity contribution in [3.8, 4) is 6.07 Å². The minimum absolute atomic E-state index is 0.395. The molecular formula is C12H16N4S. The minimum atomic E-state index is 0.395. The highest BCUT2D eigenvalue weighted by Gasteiger charge is 2.37. The van der Waals surface area contributed by atoms with E-state index in [1.165, 1.54) is 43.6 Å². The van der Waals surface area contributed by atoms with Crippen molar-refractivity contribution in [3.63, 3.8) is 0 Å². The van der Waals surface area contributed by atoms with Gasteiger partial charge in [-0.2, -0.15) is 9.64 Å². The molecule has 1 aliphatic carbocycles. The van der Waals surface area contributed by atoms with Crippen LogP contribution in [0.3, 0.4) is 0 Å². The Morgan fingerprint density at radius 1 is 1.35 bits per heavy atom. The molecule has 1 saturated carbocycles. The quantitative estimate of drug-likeness (QED) is 0.828. The van der Waals surface area contributed by atoms with Gasteiger partial charge in [-0.05, 0) is 36.7 Å². The zero-order chi connectivity index (χ0) is 11.8. The largest absolute Gasteiger partial charge is 0.382 e. The van der Waals surface area contributed by atoms with Crippen LogP contribution >= 0.6 is 11.5 Å². The Bertz CT molecular complexity index is 462. The summed E-state index contributed by atoms with van der Waals surface area (Å²) >= 11 is 1.38. The first-order valence-electron chi connectivity index (χ1n) is 6.23. The predicted molar refractivity (Wildman–Crippen MR) is 69.0 cm³/mol. The molecule has 0 bridgehead atoms. The third-order valence-electron chi connectivity index (χ3n) is 4.08. The van der Waals surface area contributed by atoms with E-state index in [4.69, 9.17) is 11.0 Å². The van der Waals surface area contributed by atoms with Gasteiger partial charge in [-0.1, -0.05) is 12.8 Å². The second-order valence-corrected chi connectivity index (χ2v) is 5.71. The first-order valence-corrected chi connectivity index (χ1v) is 7.00. The Morgan fingerprint density at radius 3 is 3.00 bits per heavy atom. The first kappa shape index (κ1) is 10.8. The second kappa shape index (κ2) is 4.19. The number of nitrogen functional groups attached to an aromatic ring is 1. The highest BCUT2D eigenvalue weighted by Crippen LogP contribution is 2.42. The van der Waals surface area contributed by atoms with Crippen molar-refractivity contribution in [2.45, 2.75) is 38.1 Å². The van der Waals surface area contributed by atoms with E-state index >= 15 is 0 Å². The summed E-state index contributed by atoms with van der Waals surface area (Å²) in [5.41, 5.74) is 6.32. The molecule has 1 aromatic heterocycles. The number of hydrogen-bond donors (Lipinski definition) is 1. The molecule has 1 aromatic rings. The van der Waals surface area contributed by atoms with Crippen molar-refractivity contribution in [2.75, 3.05) is 17.2 Å². The zero-order valence-corrected chi connectivity index (χ0v) is 10.5. The van der Waals surface area contributed by atoms with Crippen LogP contribution in [-0.4, -0.2) is 17.0 Å². The molecule has 1 saturated heterocycles. The topological polar surface area (TPSA) is 65.9 Å². The van der Waals surface area contributed by atoms with Gasteiger partial charge in [-0.15, -0.1) is 0 Å². The molecule has 4 nitrogen and oxygen atoms in total. The second-order valence-electron chi connectivity index (χ2n) is 4.95. The molecule has 3 rings (SSSR count). The monoisotopic (exact) mass is 248 g/mol.